The molecule has 0 unspecified atom stereocenters. The van der Waals surface area contributed by atoms with E-state index in [1.807, 2.05) is 6.08 Å². The molecule has 0 aromatic carbocycles. The minimum atomic E-state index is -0.808. The maximum Gasteiger partial charge on any atom is 0.306 e. The molecule has 0 radical (unpaired) electrons. The third-order valence-corrected chi connectivity index (χ3v) is 12.7. The first kappa shape index (κ1) is 65.8. The van der Waals surface area contributed by atoms with Gasteiger partial charge in [-0.25, -0.2) is 0 Å². The molecule has 398 valence electrons. The molecule has 0 heterocycles. The summed E-state index contributed by atoms with van der Waals surface area (Å²) in [6.45, 7) is 6.56. The van der Waals surface area contributed by atoms with Crippen molar-refractivity contribution in [3.05, 3.63) is 72.9 Å². The van der Waals surface area contributed by atoms with Crippen LogP contribution in [0.3, 0.4) is 0 Å². The molecular formula is C63H110O6. The lowest BCUT2D eigenvalue weighted by molar-refractivity contribution is -0.166. The number of hydrogen-bond donors (Lipinski definition) is 0. The van der Waals surface area contributed by atoms with E-state index in [2.05, 4.69) is 87.6 Å². The summed E-state index contributed by atoms with van der Waals surface area (Å²) < 4.78 is 16.8. The summed E-state index contributed by atoms with van der Waals surface area (Å²) in [7, 11) is 0. The van der Waals surface area contributed by atoms with Crippen LogP contribution in [0.5, 0.6) is 0 Å². The van der Waals surface area contributed by atoms with Crippen molar-refractivity contribution in [3.63, 3.8) is 0 Å². The second-order valence-corrected chi connectivity index (χ2v) is 19.6. The van der Waals surface area contributed by atoms with Crippen molar-refractivity contribution in [2.45, 2.75) is 297 Å². The zero-order valence-electron chi connectivity index (χ0n) is 45.6. The fourth-order valence-electron chi connectivity index (χ4n) is 8.24. The minimum Gasteiger partial charge on any atom is -0.462 e. The molecule has 0 saturated carbocycles. The van der Waals surface area contributed by atoms with E-state index >= 15 is 0 Å². The van der Waals surface area contributed by atoms with E-state index in [4.69, 9.17) is 14.2 Å². The van der Waals surface area contributed by atoms with Gasteiger partial charge in [0.15, 0.2) is 6.10 Å². The number of unbranched alkanes of at least 4 members (excludes halogenated alkanes) is 30. The van der Waals surface area contributed by atoms with Gasteiger partial charge in [0, 0.05) is 19.3 Å². The standard InChI is InChI=1S/C63H110O6/c1-4-7-10-13-16-19-22-25-28-30-31-33-36-38-41-44-47-50-53-56-62(65)68-59-60(69-63(66)57-54-51-48-45-42-39-34-27-24-21-18-15-12-9-6-3)58-67-61(64)55-52-49-46-43-40-37-35-32-29-26-23-20-17-14-11-8-5-2/h16,19,25,27-28,31,33-34,38,41,47,50,60H,4-15,17-18,20-24,26,29-30,32,35-37,39-40,42-46,48-49,51-59H2,1-3H3/b19-16-,28-25-,33-31-,34-27-,41-38-,50-47-/t60-/m0/s1. The van der Waals surface area contributed by atoms with E-state index < -0.39 is 6.10 Å². The topological polar surface area (TPSA) is 78.9 Å². The van der Waals surface area contributed by atoms with Gasteiger partial charge in [-0.3, -0.25) is 14.4 Å². The number of esters is 3. The van der Waals surface area contributed by atoms with Crippen LogP contribution in [0.2, 0.25) is 0 Å². The van der Waals surface area contributed by atoms with E-state index in [1.54, 1.807) is 0 Å². The van der Waals surface area contributed by atoms with Crippen LogP contribution < -0.4 is 0 Å². The molecule has 0 saturated heterocycles. The predicted molar refractivity (Wildman–Crippen MR) is 298 cm³/mol. The Morgan fingerprint density at radius 2 is 0.551 bits per heavy atom. The Labute approximate surface area is 427 Å². The first-order valence-electron chi connectivity index (χ1n) is 29.4. The highest BCUT2D eigenvalue weighted by Gasteiger charge is 2.19. The number of rotatable bonds is 53. The van der Waals surface area contributed by atoms with Crippen LogP contribution in [0.15, 0.2) is 72.9 Å². The molecule has 0 amide bonds. The lowest BCUT2D eigenvalue weighted by atomic mass is 10.0. The van der Waals surface area contributed by atoms with Gasteiger partial charge in [-0.1, -0.05) is 261 Å². The largest absolute Gasteiger partial charge is 0.462 e. The lowest BCUT2D eigenvalue weighted by Crippen LogP contribution is -2.30. The maximum absolute atomic E-state index is 12.8. The lowest BCUT2D eigenvalue weighted by Gasteiger charge is -2.18. The van der Waals surface area contributed by atoms with Crippen molar-refractivity contribution in [2.75, 3.05) is 13.2 Å². The zero-order valence-corrected chi connectivity index (χ0v) is 45.6. The number of carbonyl (C=O) groups excluding carboxylic acids is 3. The first-order chi connectivity index (χ1) is 34.0. The average Bonchev–Trinajstić information content (AvgIpc) is 3.35. The van der Waals surface area contributed by atoms with Crippen molar-refractivity contribution in [1.29, 1.82) is 0 Å². The molecule has 0 bridgehead atoms. The molecular weight excluding hydrogens is 853 g/mol. The van der Waals surface area contributed by atoms with E-state index in [-0.39, 0.29) is 37.5 Å². The summed E-state index contributed by atoms with van der Waals surface area (Å²) in [6, 6.07) is 0. The number of allylic oxidation sites excluding steroid dienone is 12. The summed E-state index contributed by atoms with van der Waals surface area (Å²) in [5.74, 6) is -0.983. The monoisotopic (exact) mass is 963 g/mol. The van der Waals surface area contributed by atoms with Crippen LogP contribution in [-0.4, -0.2) is 37.2 Å². The third kappa shape index (κ3) is 55.6. The van der Waals surface area contributed by atoms with Gasteiger partial charge in [0.2, 0.25) is 0 Å². The van der Waals surface area contributed by atoms with Crippen molar-refractivity contribution < 1.29 is 28.6 Å². The summed E-state index contributed by atoms with van der Waals surface area (Å²) in [5, 5.41) is 0. The summed E-state index contributed by atoms with van der Waals surface area (Å²) in [6.07, 6.45) is 73.3. The van der Waals surface area contributed by atoms with Gasteiger partial charge < -0.3 is 14.2 Å². The Morgan fingerprint density at radius 1 is 0.290 bits per heavy atom. The third-order valence-electron chi connectivity index (χ3n) is 12.7. The molecule has 6 heteroatoms. The Bertz CT molecular complexity index is 1290. The van der Waals surface area contributed by atoms with Crippen LogP contribution in [0.25, 0.3) is 0 Å². The van der Waals surface area contributed by atoms with Crippen LogP contribution in [0.4, 0.5) is 0 Å². The molecule has 0 N–H and O–H groups in total. The molecule has 0 aromatic rings. The van der Waals surface area contributed by atoms with Crippen molar-refractivity contribution >= 4 is 17.9 Å². The average molecular weight is 964 g/mol. The van der Waals surface area contributed by atoms with Gasteiger partial charge in [0.1, 0.15) is 13.2 Å². The molecule has 0 fully saturated rings. The van der Waals surface area contributed by atoms with E-state index in [1.165, 1.54) is 167 Å². The van der Waals surface area contributed by atoms with E-state index in [9.17, 15) is 14.4 Å². The minimum absolute atomic E-state index is 0.0990. The van der Waals surface area contributed by atoms with Gasteiger partial charge >= 0.3 is 17.9 Å². The second kappa shape index (κ2) is 57.4. The van der Waals surface area contributed by atoms with Crippen LogP contribution >= 0.6 is 0 Å². The molecule has 0 aromatic heterocycles. The number of hydrogen-bond acceptors (Lipinski definition) is 6. The Kier molecular flexibility index (Phi) is 54.8. The Hall–Kier alpha value is -3.15. The van der Waals surface area contributed by atoms with Crippen molar-refractivity contribution in [2.24, 2.45) is 0 Å². The molecule has 0 aliphatic heterocycles. The molecule has 69 heavy (non-hydrogen) atoms. The van der Waals surface area contributed by atoms with Gasteiger partial charge in [-0.05, 0) is 83.5 Å². The normalized spacial score (nSPS) is 12.6. The first-order valence-corrected chi connectivity index (χ1v) is 29.4. The van der Waals surface area contributed by atoms with Crippen LogP contribution in [0.1, 0.15) is 290 Å². The van der Waals surface area contributed by atoms with Gasteiger partial charge in [-0.2, -0.15) is 0 Å². The fraction of sp³-hybridized carbons (Fsp3) is 0.762. The van der Waals surface area contributed by atoms with Gasteiger partial charge in [-0.15, -0.1) is 0 Å². The molecule has 0 spiro atoms. The van der Waals surface area contributed by atoms with E-state index in [0.717, 1.165) is 77.0 Å². The van der Waals surface area contributed by atoms with Crippen molar-refractivity contribution in [1.82, 2.24) is 0 Å². The van der Waals surface area contributed by atoms with E-state index in [0.29, 0.717) is 19.3 Å². The Morgan fingerprint density at radius 3 is 0.942 bits per heavy atom. The SMILES string of the molecule is CCCCC/C=C\C/C=C\C/C=C\C/C=C\C/C=C\CCC(=O)OC[C@H](COC(=O)CCCCCCCCCCCCCCCCCCC)OC(=O)CCCCCCC/C=C\CCCCCCCC. The van der Waals surface area contributed by atoms with Crippen LogP contribution in [0, 0.1) is 0 Å². The highest BCUT2D eigenvalue weighted by Crippen LogP contribution is 2.16. The number of ether oxygens (including phenoxy) is 3. The smallest absolute Gasteiger partial charge is 0.306 e. The molecule has 6 nitrogen and oxygen atoms in total. The molecule has 0 aliphatic rings. The molecule has 0 rings (SSSR count). The molecule has 0 aliphatic carbocycles. The summed E-state index contributed by atoms with van der Waals surface area (Å²) in [5.41, 5.74) is 0. The predicted octanol–water partition coefficient (Wildman–Crippen LogP) is 19.8. The molecule has 1 atom stereocenters. The Balaban J connectivity index is 4.47. The second-order valence-electron chi connectivity index (χ2n) is 19.6. The highest BCUT2D eigenvalue weighted by atomic mass is 16.6. The van der Waals surface area contributed by atoms with Crippen LogP contribution in [-0.2, 0) is 28.6 Å². The number of carbonyl (C=O) groups is 3. The quantitative estimate of drug-likeness (QED) is 0.0262. The summed E-state index contributed by atoms with van der Waals surface area (Å²) >= 11 is 0. The highest BCUT2D eigenvalue weighted by molar-refractivity contribution is 5.71. The maximum atomic E-state index is 12.8. The fourth-order valence-corrected chi connectivity index (χ4v) is 8.24. The zero-order chi connectivity index (χ0) is 50.0. The van der Waals surface area contributed by atoms with Crippen molar-refractivity contribution in [3.8, 4) is 0 Å². The van der Waals surface area contributed by atoms with Gasteiger partial charge in [0.05, 0.1) is 0 Å². The summed E-state index contributed by atoms with van der Waals surface area (Å²) in [4.78, 5) is 38.1. The van der Waals surface area contributed by atoms with Gasteiger partial charge in [0.25, 0.3) is 0 Å².